The summed E-state index contributed by atoms with van der Waals surface area (Å²) in [5.41, 5.74) is 1.79. The first-order chi connectivity index (χ1) is 14.7. The lowest BCUT2D eigenvalue weighted by molar-refractivity contribution is 0.0697. The third-order valence-electron chi connectivity index (χ3n) is 5.39. The number of piperazine rings is 1. The molecule has 1 fully saturated rings. The lowest BCUT2D eigenvalue weighted by Crippen LogP contribution is -2.50. The maximum absolute atomic E-state index is 13.1. The quantitative estimate of drug-likeness (QED) is 0.661. The molecule has 0 spiro atoms. The summed E-state index contributed by atoms with van der Waals surface area (Å²) >= 11 is 0. The monoisotopic (exact) mass is 451 g/mol. The molecule has 0 aromatic carbocycles. The van der Waals surface area contributed by atoms with Gasteiger partial charge in [0.15, 0.2) is 0 Å². The van der Waals surface area contributed by atoms with Crippen molar-refractivity contribution in [2.45, 2.75) is 27.2 Å². The van der Waals surface area contributed by atoms with Crippen LogP contribution in [0.5, 0.6) is 0 Å². The largest absolute Gasteiger partial charge is 0.449 e. The number of rotatable bonds is 6. The van der Waals surface area contributed by atoms with E-state index in [0.29, 0.717) is 36.5 Å². The highest BCUT2D eigenvalue weighted by atomic mass is 32.2. The van der Waals surface area contributed by atoms with Gasteiger partial charge in [-0.1, -0.05) is 6.92 Å². The lowest BCUT2D eigenvalue weighted by Gasteiger charge is -2.33. The molecule has 0 aliphatic carbocycles. The second-order valence-electron chi connectivity index (χ2n) is 7.23. The van der Waals surface area contributed by atoms with Crippen molar-refractivity contribution in [2.75, 3.05) is 50.5 Å². The van der Waals surface area contributed by atoms with Gasteiger partial charge in [-0.05, 0) is 32.4 Å². The molecule has 1 saturated heterocycles. The predicted molar refractivity (Wildman–Crippen MR) is 117 cm³/mol. The Morgan fingerprint density at radius 3 is 2.39 bits per heavy atom. The molecular formula is C20H29N5O5S. The molecule has 0 N–H and O–H groups in total. The molecule has 0 radical (unpaired) electrons. The van der Waals surface area contributed by atoms with Crippen LogP contribution in [0.3, 0.4) is 0 Å². The summed E-state index contributed by atoms with van der Waals surface area (Å²) < 4.78 is 32.4. The number of carbonyl (C=O) groups excluding carboxylic acids is 2. The molecule has 2 aromatic rings. The van der Waals surface area contributed by atoms with E-state index in [1.165, 1.54) is 9.21 Å². The van der Waals surface area contributed by atoms with Crippen molar-refractivity contribution in [2.24, 2.45) is 0 Å². The van der Waals surface area contributed by atoms with E-state index in [2.05, 4.69) is 4.98 Å². The predicted octanol–water partition coefficient (Wildman–Crippen LogP) is 1.60. The van der Waals surface area contributed by atoms with E-state index in [9.17, 15) is 18.0 Å². The molecule has 1 aliphatic rings. The molecule has 0 saturated carbocycles. The number of anilines is 1. The molecule has 3 heterocycles. The zero-order valence-electron chi connectivity index (χ0n) is 18.4. The number of aromatic nitrogens is 2. The highest BCUT2D eigenvalue weighted by molar-refractivity contribution is 7.89. The molecule has 2 amide bonds. The van der Waals surface area contributed by atoms with Gasteiger partial charge in [-0.3, -0.25) is 14.1 Å². The van der Waals surface area contributed by atoms with Crippen LogP contribution in [0.2, 0.25) is 0 Å². The minimum absolute atomic E-state index is 0.0504. The molecular weight excluding hydrogens is 422 g/mol. The summed E-state index contributed by atoms with van der Waals surface area (Å²) in [5, 5.41) is 0. The van der Waals surface area contributed by atoms with Gasteiger partial charge in [0.25, 0.3) is 5.91 Å². The number of carbonyl (C=O) groups is 2. The van der Waals surface area contributed by atoms with Gasteiger partial charge >= 0.3 is 6.09 Å². The summed E-state index contributed by atoms with van der Waals surface area (Å²) in [6.07, 6.45) is 1.78. The maximum Gasteiger partial charge on any atom is 0.415 e. The SMILES string of the molecule is CCOC(=O)N(C)c1c(CC)nc2ccc(C(=O)N3CCN(S(=O)(=O)CC)CC3)cn12. The second-order valence-corrected chi connectivity index (χ2v) is 9.49. The zero-order chi connectivity index (χ0) is 22.8. The van der Waals surface area contributed by atoms with E-state index >= 15 is 0 Å². The molecule has 170 valence electrons. The number of nitrogens with zero attached hydrogens (tertiary/aromatic N) is 5. The summed E-state index contributed by atoms with van der Waals surface area (Å²) in [5.74, 6) is 0.422. The molecule has 31 heavy (non-hydrogen) atoms. The van der Waals surface area contributed by atoms with Crippen LogP contribution in [0.15, 0.2) is 18.3 Å². The third-order valence-corrected chi connectivity index (χ3v) is 7.27. The smallest absolute Gasteiger partial charge is 0.415 e. The van der Waals surface area contributed by atoms with Gasteiger partial charge < -0.3 is 9.64 Å². The molecule has 0 unspecified atom stereocenters. The Kier molecular flexibility index (Phi) is 6.85. The Bertz CT molecular complexity index is 1070. The standard InChI is InChI=1S/C20H29N5O5S/c1-5-16-18(22(4)20(27)30-6-2)25-14-15(8-9-17(25)21-16)19(26)23-10-12-24(13-11-23)31(28,29)7-3/h8-9,14H,5-7,10-13H2,1-4H3. The fraction of sp³-hybridized carbons (Fsp3) is 0.550. The molecule has 10 nitrogen and oxygen atoms in total. The lowest BCUT2D eigenvalue weighted by atomic mass is 10.2. The van der Waals surface area contributed by atoms with Crippen LogP contribution in [0, 0.1) is 0 Å². The fourth-order valence-corrected chi connectivity index (χ4v) is 4.73. The Labute approximate surface area is 182 Å². The van der Waals surface area contributed by atoms with E-state index in [-0.39, 0.29) is 31.4 Å². The van der Waals surface area contributed by atoms with Gasteiger partial charge in [0.2, 0.25) is 10.0 Å². The van der Waals surface area contributed by atoms with Crippen LogP contribution in [0.4, 0.5) is 10.6 Å². The van der Waals surface area contributed by atoms with Gasteiger partial charge in [0.1, 0.15) is 11.5 Å². The van der Waals surface area contributed by atoms with Crippen LogP contribution < -0.4 is 4.90 Å². The first kappa shape index (κ1) is 23.0. The van der Waals surface area contributed by atoms with Crippen molar-refractivity contribution in [1.82, 2.24) is 18.6 Å². The van der Waals surface area contributed by atoms with Gasteiger partial charge in [0.05, 0.1) is 23.6 Å². The topological polar surface area (TPSA) is 105 Å². The van der Waals surface area contributed by atoms with Crippen LogP contribution >= 0.6 is 0 Å². The molecule has 0 bridgehead atoms. The average Bonchev–Trinajstić information content (AvgIpc) is 3.16. The van der Waals surface area contributed by atoms with Gasteiger partial charge in [0, 0.05) is 39.4 Å². The second kappa shape index (κ2) is 9.23. The molecule has 3 rings (SSSR count). The number of ether oxygens (including phenoxy) is 1. The number of amides is 2. The van der Waals surface area contributed by atoms with E-state index in [1.54, 1.807) is 48.5 Å². The Hall–Kier alpha value is -2.66. The molecule has 2 aromatic heterocycles. The molecule has 11 heteroatoms. The van der Waals surface area contributed by atoms with Crippen LogP contribution in [0.25, 0.3) is 5.65 Å². The number of imidazole rings is 1. The number of aryl methyl sites for hydroxylation is 1. The highest BCUT2D eigenvalue weighted by Crippen LogP contribution is 2.24. The van der Waals surface area contributed by atoms with Crippen molar-refractivity contribution < 1.29 is 22.7 Å². The number of fused-ring (bicyclic) bond motifs is 1. The minimum atomic E-state index is -3.26. The van der Waals surface area contributed by atoms with E-state index < -0.39 is 16.1 Å². The zero-order valence-corrected chi connectivity index (χ0v) is 19.2. The Balaban J connectivity index is 1.87. The van der Waals surface area contributed by atoms with E-state index in [4.69, 9.17) is 4.74 Å². The number of hydrogen-bond donors (Lipinski definition) is 0. The number of pyridine rings is 1. The van der Waals surface area contributed by atoms with Crippen molar-refractivity contribution in [3.05, 3.63) is 29.6 Å². The van der Waals surface area contributed by atoms with Gasteiger partial charge in [-0.25, -0.2) is 18.2 Å². The maximum atomic E-state index is 13.1. The van der Waals surface area contributed by atoms with Crippen LogP contribution in [0.1, 0.15) is 36.8 Å². The summed E-state index contributed by atoms with van der Waals surface area (Å²) in [7, 11) is -1.64. The molecule has 0 atom stereocenters. The molecule has 1 aliphatic heterocycles. The first-order valence-electron chi connectivity index (χ1n) is 10.4. The third kappa shape index (κ3) is 4.52. The van der Waals surface area contributed by atoms with Crippen LogP contribution in [-0.4, -0.2) is 84.6 Å². The van der Waals surface area contributed by atoms with Crippen molar-refractivity contribution in [1.29, 1.82) is 0 Å². The van der Waals surface area contributed by atoms with E-state index in [0.717, 1.165) is 5.69 Å². The van der Waals surface area contributed by atoms with Crippen molar-refractivity contribution in [3.63, 3.8) is 0 Å². The number of sulfonamides is 1. The van der Waals surface area contributed by atoms with Crippen molar-refractivity contribution in [3.8, 4) is 0 Å². The van der Waals surface area contributed by atoms with Gasteiger partial charge in [-0.2, -0.15) is 4.31 Å². The number of hydrogen-bond acceptors (Lipinski definition) is 6. The van der Waals surface area contributed by atoms with Gasteiger partial charge in [-0.15, -0.1) is 0 Å². The first-order valence-corrected chi connectivity index (χ1v) is 12.0. The normalized spacial score (nSPS) is 15.3. The fourth-order valence-electron chi connectivity index (χ4n) is 3.64. The minimum Gasteiger partial charge on any atom is -0.449 e. The summed E-state index contributed by atoms with van der Waals surface area (Å²) in [6, 6.07) is 3.44. The average molecular weight is 452 g/mol. The van der Waals surface area contributed by atoms with E-state index in [1.807, 2.05) is 6.92 Å². The van der Waals surface area contributed by atoms with Crippen molar-refractivity contribution >= 4 is 33.5 Å². The summed E-state index contributed by atoms with van der Waals surface area (Å²) in [4.78, 5) is 33.0. The Morgan fingerprint density at radius 2 is 1.81 bits per heavy atom. The van der Waals surface area contributed by atoms with Crippen LogP contribution in [-0.2, 0) is 21.2 Å². The highest BCUT2D eigenvalue weighted by Gasteiger charge is 2.29. The Morgan fingerprint density at radius 1 is 1.13 bits per heavy atom. The summed E-state index contributed by atoms with van der Waals surface area (Å²) in [6.45, 7) is 6.78.